The van der Waals surface area contributed by atoms with Gasteiger partial charge in [0.1, 0.15) is 0 Å². The van der Waals surface area contributed by atoms with Crippen LogP contribution in [0.4, 0.5) is 0 Å². The van der Waals surface area contributed by atoms with Gasteiger partial charge in [-0.05, 0) is 6.04 Å². The van der Waals surface area contributed by atoms with Crippen molar-refractivity contribution in [3.63, 3.8) is 0 Å². The van der Waals surface area contributed by atoms with Gasteiger partial charge in [-0.2, -0.15) is 0 Å². The summed E-state index contributed by atoms with van der Waals surface area (Å²) >= 11 is 17.6. The number of hydrogen-bond acceptors (Lipinski definition) is 0. The fourth-order valence-electron chi connectivity index (χ4n) is 3.93. The second-order valence-corrected chi connectivity index (χ2v) is 18.1. The van der Waals surface area contributed by atoms with Crippen LogP contribution in [0.5, 0.6) is 0 Å². The van der Waals surface area contributed by atoms with E-state index in [1.54, 1.807) is 0 Å². The predicted molar refractivity (Wildman–Crippen MR) is 135 cm³/mol. The summed E-state index contributed by atoms with van der Waals surface area (Å²) in [5.41, 5.74) is 0. The molecule has 1 fully saturated rings. The van der Waals surface area contributed by atoms with E-state index in [0.29, 0.717) is 0 Å². The maximum Gasteiger partial charge on any atom is 0.341 e. The largest absolute Gasteiger partial charge is 0.341 e. The van der Waals surface area contributed by atoms with Crippen LogP contribution in [0.15, 0.2) is 0 Å². The quantitative estimate of drug-likeness (QED) is 0.112. The number of hydrogen-bond donors (Lipinski definition) is 0. The van der Waals surface area contributed by atoms with Gasteiger partial charge in [-0.1, -0.05) is 148 Å². The molecule has 0 aromatic carbocycles. The highest BCUT2D eigenvalue weighted by Crippen LogP contribution is 2.27. The molecule has 0 aromatic rings. The molecular formula is C24H49Cl3Si. The third kappa shape index (κ3) is 27.1. The summed E-state index contributed by atoms with van der Waals surface area (Å²) in [6.45, 7) is 2.28. The summed E-state index contributed by atoms with van der Waals surface area (Å²) in [6.07, 6.45) is 31.2. The average molecular weight is 472 g/mol. The predicted octanol–water partition coefficient (Wildman–Crippen LogP) is 11.2. The molecule has 1 aliphatic carbocycles. The van der Waals surface area contributed by atoms with Gasteiger partial charge >= 0.3 is 6.00 Å². The van der Waals surface area contributed by atoms with E-state index in [1.807, 2.05) is 0 Å². The van der Waals surface area contributed by atoms with Crippen LogP contribution >= 0.6 is 33.2 Å². The zero-order chi connectivity index (χ0) is 20.8. The summed E-state index contributed by atoms with van der Waals surface area (Å²) < 4.78 is 0. The van der Waals surface area contributed by atoms with Crippen molar-refractivity contribution < 1.29 is 0 Å². The molecule has 0 amide bonds. The fraction of sp³-hybridized carbons (Fsp3) is 1.00. The van der Waals surface area contributed by atoms with Crippen LogP contribution in [-0.4, -0.2) is 6.00 Å². The van der Waals surface area contributed by atoms with Gasteiger partial charge in [0.2, 0.25) is 0 Å². The minimum Gasteiger partial charge on any atom is -0.126 e. The molecular weight excluding hydrogens is 423 g/mol. The summed E-state index contributed by atoms with van der Waals surface area (Å²) in [7, 11) is 0. The normalized spacial score (nSPS) is 14.6. The molecule has 170 valence electrons. The van der Waals surface area contributed by atoms with Crippen molar-refractivity contribution in [3.8, 4) is 0 Å². The van der Waals surface area contributed by atoms with Gasteiger partial charge in [-0.3, -0.25) is 0 Å². The maximum atomic E-state index is 5.87. The van der Waals surface area contributed by atoms with Gasteiger partial charge < -0.3 is 0 Å². The second kappa shape index (κ2) is 22.8. The summed E-state index contributed by atoms with van der Waals surface area (Å²) in [4.78, 5) is 0. The molecule has 0 unspecified atom stereocenters. The molecule has 4 heteroatoms. The standard InChI is InChI=1S/C18H37Cl3Si.C6H12/c1-2-3-4-5-6-7-8-9-10-11-12-13-14-15-16-17-18-22(19,20)21;1-2-4-6-5-3-1/h2-18H2,1H3;1-6H2. The molecule has 28 heavy (non-hydrogen) atoms. The van der Waals surface area contributed by atoms with Crippen molar-refractivity contribution in [3.05, 3.63) is 0 Å². The highest BCUT2D eigenvalue weighted by atomic mass is 35.8. The highest BCUT2D eigenvalue weighted by molar-refractivity contribution is 7.64. The molecule has 0 aromatic heterocycles. The lowest BCUT2D eigenvalue weighted by Crippen LogP contribution is -2.07. The summed E-state index contributed by atoms with van der Waals surface area (Å²) in [5.74, 6) is 0. The lowest BCUT2D eigenvalue weighted by Gasteiger charge is -2.07. The van der Waals surface area contributed by atoms with Crippen LogP contribution in [0.1, 0.15) is 148 Å². The Balaban J connectivity index is 0.00000102. The van der Waals surface area contributed by atoms with Crippen LogP contribution in [-0.2, 0) is 0 Å². The first kappa shape index (κ1) is 29.1. The van der Waals surface area contributed by atoms with Crippen molar-refractivity contribution in [2.24, 2.45) is 0 Å². The Labute approximate surface area is 193 Å². The van der Waals surface area contributed by atoms with E-state index in [2.05, 4.69) is 6.92 Å². The van der Waals surface area contributed by atoms with E-state index in [9.17, 15) is 0 Å². The van der Waals surface area contributed by atoms with Crippen LogP contribution in [0, 0.1) is 0 Å². The monoisotopic (exact) mass is 470 g/mol. The van der Waals surface area contributed by atoms with Crippen molar-refractivity contribution >= 4 is 39.2 Å². The van der Waals surface area contributed by atoms with E-state index in [1.165, 1.54) is 135 Å². The molecule has 0 bridgehead atoms. The molecule has 0 spiro atoms. The van der Waals surface area contributed by atoms with Gasteiger partial charge in [-0.15, -0.1) is 33.2 Å². The topological polar surface area (TPSA) is 0 Å². The Morgan fingerprint density at radius 1 is 0.429 bits per heavy atom. The number of halogens is 3. The molecule has 1 aliphatic rings. The van der Waals surface area contributed by atoms with Gasteiger partial charge in [0.05, 0.1) is 0 Å². The first-order valence-corrected chi connectivity index (χ1v) is 17.9. The molecule has 0 radical (unpaired) electrons. The third-order valence-corrected chi connectivity index (χ3v) is 8.44. The first-order valence-electron chi connectivity index (χ1n) is 12.6. The Morgan fingerprint density at radius 2 is 0.679 bits per heavy atom. The van der Waals surface area contributed by atoms with Crippen LogP contribution in [0.3, 0.4) is 0 Å². The smallest absolute Gasteiger partial charge is 0.126 e. The molecule has 1 saturated carbocycles. The molecule has 0 heterocycles. The first-order chi connectivity index (χ1) is 13.6. The van der Waals surface area contributed by atoms with Gasteiger partial charge in [0.25, 0.3) is 0 Å². The summed E-state index contributed by atoms with van der Waals surface area (Å²) in [6, 6.07) is -1.52. The van der Waals surface area contributed by atoms with E-state index in [4.69, 9.17) is 33.2 Å². The molecule has 0 N–H and O–H groups in total. The molecule has 0 saturated heterocycles. The fourth-order valence-corrected chi connectivity index (χ4v) is 5.79. The average Bonchev–Trinajstić information content (AvgIpc) is 2.69. The Kier molecular flexibility index (Phi) is 23.6. The number of unbranched alkanes of at least 4 members (excludes halogenated alkanes) is 15. The number of rotatable bonds is 17. The minimum absolute atomic E-state index is 0.829. The Hall–Kier alpha value is 1.09. The van der Waals surface area contributed by atoms with Crippen molar-refractivity contribution in [1.82, 2.24) is 0 Å². The highest BCUT2D eigenvalue weighted by Gasteiger charge is 2.23. The van der Waals surface area contributed by atoms with Crippen molar-refractivity contribution in [2.75, 3.05) is 0 Å². The van der Waals surface area contributed by atoms with E-state index < -0.39 is 6.00 Å². The van der Waals surface area contributed by atoms with Gasteiger partial charge in [-0.25, -0.2) is 0 Å². The van der Waals surface area contributed by atoms with Crippen molar-refractivity contribution in [1.29, 1.82) is 0 Å². The van der Waals surface area contributed by atoms with Crippen LogP contribution in [0.2, 0.25) is 6.04 Å². The van der Waals surface area contributed by atoms with Crippen molar-refractivity contribution in [2.45, 2.75) is 154 Å². The molecule has 0 nitrogen and oxygen atoms in total. The molecule has 1 rings (SSSR count). The van der Waals surface area contributed by atoms with Crippen LogP contribution in [0.25, 0.3) is 0 Å². The molecule has 0 aliphatic heterocycles. The molecule has 0 atom stereocenters. The van der Waals surface area contributed by atoms with Crippen LogP contribution < -0.4 is 0 Å². The van der Waals surface area contributed by atoms with E-state index in [-0.39, 0.29) is 0 Å². The lowest BCUT2D eigenvalue weighted by molar-refractivity contribution is 0.504. The third-order valence-electron chi connectivity index (χ3n) is 5.81. The Bertz CT molecular complexity index is 277. The second-order valence-electron chi connectivity index (χ2n) is 8.79. The van der Waals surface area contributed by atoms with E-state index >= 15 is 0 Å². The van der Waals surface area contributed by atoms with E-state index in [0.717, 1.165) is 12.5 Å². The summed E-state index contributed by atoms with van der Waals surface area (Å²) in [5, 5.41) is 0. The van der Waals surface area contributed by atoms with Gasteiger partial charge in [0, 0.05) is 0 Å². The zero-order valence-corrected chi connectivity index (χ0v) is 22.2. The minimum atomic E-state index is -2.35. The lowest BCUT2D eigenvalue weighted by atomic mass is 10.0. The van der Waals surface area contributed by atoms with Gasteiger partial charge in [0.15, 0.2) is 0 Å². The SMILES string of the molecule is C1CCCCC1.CCCCCCCCCCCCCCCCCC[Si](Cl)(Cl)Cl. The maximum absolute atomic E-state index is 5.87. The zero-order valence-electron chi connectivity index (χ0n) is 18.9. The Morgan fingerprint density at radius 3 is 0.929 bits per heavy atom.